The number of hydrogen-bond acceptors (Lipinski definition) is 3. The number of nitrogen functional groups attached to an aromatic ring is 1. The van der Waals surface area contributed by atoms with Gasteiger partial charge in [0, 0.05) is 17.6 Å². The second-order valence-electron chi connectivity index (χ2n) is 5.94. The van der Waals surface area contributed by atoms with Crippen LogP contribution in [-0.2, 0) is 0 Å². The molecule has 1 aromatic rings. The van der Waals surface area contributed by atoms with Crippen molar-refractivity contribution in [3.8, 4) is 0 Å². The summed E-state index contributed by atoms with van der Waals surface area (Å²) in [5.41, 5.74) is 5.74. The highest BCUT2D eigenvalue weighted by molar-refractivity contribution is 9.10. The molecule has 3 N–H and O–H groups in total. The standard InChI is InChI=1S/C14H21BrFN3O/c1-14(2,8-19(3)4)7-18-13(20)9-5-12(17)11(16)6-10(9)15/h5-6H,7-8,17H2,1-4H3,(H,18,20). The zero-order chi connectivity index (χ0) is 15.5. The number of benzene rings is 1. The Hall–Kier alpha value is -1.14. The molecule has 1 amide bonds. The van der Waals surface area contributed by atoms with Crippen molar-refractivity contribution in [1.82, 2.24) is 10.2 Å². The van der Waals surface area contributed by atoms with E-state index in [-0.39, 0.29) is 17.0 Å². The van der Waals surface area contributed by atoms with Crippen molar-refractivity contribution >= 4 is 27.5 Å². The molecular formula is C14H21BrFN3O. The Balaban J connectivity index is 2.75. The van der Waals surface area contributed by atoms with Gasteiger partial charge in [-0.2, -0.15) is 0 Å². The van der Waals surface area contributed by atoms with E-state index in [2.05, 4.69) is 40.0 Å². The maximum atomic E-state index is 13.2. The molecule has 0 bridgehead atoms. The summed E-state index contributed by atoms with van der Waals surface area (Å²) in [6.07, 6.45) is 0. The summed E-state index contributed by atoms with van der Waals surface area (Å²) in [4.78, 5) is 14.2. The fraction of sp³-hybridized carbons (Fsp3) is 0.500. The van der Waals surface area contributed by atoms with Crippen LogP contribution < -0.4 is 11.1 Å². The van der Waals surface area contributed by atoms with E-state index in [4.69, 9.17) is 5.73 Å². The number of nitrogens with two attached hydrogens (primary N) is 1. The summed E-state index contributed by atoms with van der Waals surface area (Å²) in [7, 11) is 3.97. The molecule has 0 saturated heterocycles. The first-order valence-corrected chi connectivity index (χ1v) is 7.09. The molecule has 4 nitrogen and oxygen atoms in total. The Morgan fingerprint density at radius 2 is 2.05 bits per heavy atom. The van der Waals surface area contributed by atoms with Crippen LogP contribution in [0.15, 0.2) is 16.6 Å². The van der Waals surface area contributed by atoms with Crippen LogP contribution >= 0.6 is 15.9 Å². The lowest BCUT2D eigenvalue weighted by Crippen LogP contribution is -2.40. The second-order valence-corrected chi connectivity index (χ2v) is 6.79. The average molecular weight is 346 g/mol. The van der Waals surface area contributed by atoms with Crippen LogP contribution in [-0.4, -0.2) is 38.0 Å². The Bertz CT molecular complexity index is 503. The number of halogens is 2. The van der Waals surface area contributed by atoms with Gasteiger partial charge in [-0.25, -0.2) is 4.39 Å². The third-order valence-corrected chi connectivity index (χ3v) is 3.46. The number of nitrogens with one attached hydrogen (secondary N) is 1. The first-order chi connectivity index (χ1) is 9.12. The van der Waals surface area contributed by atoms with Crippen molar-refractivity contribution in [3.63, 3.8) is 0 Å². The second kappa shape index (κ2) is 6.54. The van der Waals surface area contributed by atoms with Gasteiger partial charge in [0.1, 0.15) is 5.82 Å². The van der Waals surface area contributed by atoms with Crippen LogP contribution in [0.1, 0.15) is 24.2 Å². The minimum atomic E-state index is -0.540. The van der Waals surface area contributed by atoms with Gasteiger partial charge in [0.15, 0.2) is 0 Å². The van der Waals surface area contributed by atoms with Gasteiger partial charge in [0.25, 0.3) is 5.91 Å². The number of carbonyl (C=O) groups is 1. The van der Waals surface area contributed by atoms with Crippen LogP contribution in [0.5, 0.6) is 0 Å². The summed E-state index contributed by atoms with van der Waals surface area (Å²) in [5, 5.41) is 2.86. The molecule has 0 aliphatic rings. The molecule has 6 heteroatoms. The molecule has 1 rings (SSSR count). The third-order valence-electron chi connectivity index (χ3n) is 2.80. The molecule has 0 radical (unpaired) electrons. The van der Waals surface area contributed by atoms with Crippen molar-refractivity contribution in [1.29, 1.82) is 0 Å². The maximum Gasteiger partial charge on any atom is 0.252 e. The smallest absolute Gasteiger partial charge is 0.252 e. The Kier molecular flexibility index (Phi) is 5.53. The SMILES string of the molecule is CN(C)CC(C)(C)CNC(=O)c1cc(N)c(F)cc1Br. The summed E-state index contributed by atoms with van der Waals surface area (Å²) in [5.74, 6) is -0.809. The van der Waals surface area contributed by atoms with E-state index in [9.17, 15) is 9.18 Å². The quantitative estimate of drug-likeness (QED) is 0.806. The first kappa shape index (κ1) is 16.9. The van der Waals surface area contributed by atoms with Gasteiger partial charge in [-0.05, 0) is 47.6 Å². The summed E-state index contributed by atoms with van der Waals surface area (Å²) in [6.45, 7) is 5.51. The summed E-state index contributed by atoms with van der Waals surface area (Å²) < 4.78 is 13.6. The molecule has 0 spiro atoms. The van der Waals surface area contributed by atoms with E-state index in [1.165, 1.54) is 12.1 Å². The third kappa shape index (κ3) is 4.76. The molecule has 0 aromatic heterocycles. The van der Waals surface area contributed by atoms with Crippen molar-refractivity contribution in [2.45, 2.75) is 13.8 Å². The first-order valence-electron chi connectivity index (χ1n) is 6.30. The topological polar surface area (TPSA) is 58.4 Å². The van der Waals surface area contributed by atoms with Gasteiger partial charge in [-0.1, -0.05) is 13.8 Å². The highest BCUT2D eigenvalue weighted by Gasteiger charge is 2.21. The Labute approximate surface area is 127 Å². The number of anilines is 1. The van der Waals surface area contributed by atoms with Crippen LogP contribution in [0.3, 0.4) is 0 Å². The van der Waals surface area contributed by atoms with Crippen molar-refractivity contribution in [2.75, 3.05) is 32.9 Å². The Morgan fingerprint density at radius 3 is 2.60 bits per heavy atom. The molecule has 0 aliphatic carbocycles. The molecule has 0 heterocycles. The van der Waals surface area contributed by atoms with Crippen molar-refractivity contribution < 1.29 is 9.18 Å². The lowest BCUT2D eigenvalue weighted by Gasteiger charge is -2.28. The van der Waals surface area contributed by atoms with Gasteiger partial charge in [0.05, 0.1) is 11.3 Å². The molecule has 0 atom stereocenters. The number of rotatable bonds is 5. The summed E-state index contributed by atoms with van der Waals surface area (Å²) >= 11 is 3.18. The number of nitrogens with zero attached hydrogens (tertiary/aromatic N) is 1. The van der Waals surface area contributed by atoms with E-state index in [1.54, 1.807) is 0 Å². The lowest BCUT2D eigenvalue weighted by atomic mass is 9.93. The zero-order valence-corrected chi connectivity index (χ0v) is 13.8. The minimum absolute atomic E-state index is 0.0362. The zero-order valence-electron chi connectivity index (χ0n) is 12.3. The number of amides is 1. The molecule has 1 aromatic carbocycles. The highest BCUT2D eigenvalue weighted by Crippen LogP contribution is 2.23. The van der Waals surface area contributed by atoms with Crippen LogP contribution in [0.25, 0.3) is 0 Å². The molecule has 0 fully saturated rings. The highest BCUT2D eigenvalue weighted by atomic mass is 79.9. The predicted octanol–water partition coefficient (Wildman–Crippen LogP) is 2.49. The molecule has 112 valence electrons. The molecule has 20 heavy (non-hydrogen) atoms. The van der Waals surface area contributed by atoms with E-state index >= 15 is 0 Å². The molecule has 0 aliphatic heterocycles. The number of carbonyl (C=O) groups excluding carboxylic acids is 1. The molecule has 0 unspecified atom stereocenters. The minimum Gasteiger partial charge on any atom is -0.396 e. The molecular weight excluding hydrogens is 325 g/mol. The van der Waals surface area contributed by atoms with Crippen molar-refractivity contribution in [3.05, 3.63) is 28.0 Å². The van der Waals surface area contributed by atoms with Crippen LogP contribution in [0.2, 0.25) is 0 Å². The predicted molar refractivity (Wildman–Crippen MR) is 83.2 cm³/mol. The van der Waals surface area contributed by atoms with E-state index in [0.29, 0.717) is 16.6 Å². The van der Waals surface area contributed by atoms with E-state index in [0.717, 1.165) is 6.54 Å². The van der Waals surface area contributed by atoms with Gasteiger partial charge < -0.3 is 16.0 Å². The van der Waals surface area contributed by atoms with Gasteiger partial charge in [0.2, 0.25) is 0 Å². The van der Waals surface area contributed by atoms with Gasteiger partial charge in [-0.3, -0.25) is 4.79 Å². The fourth-order valence-electron chi connectivity index (χ4n) is 2.07. The lowest BCUT2D eigenvalue weighted by molar-refractivity contribution is 0.0928. The molecule has 0 saturated carbocycles. The summed E-state index contributed by atoms with van der Waals surface area (Å²) in [6, 6.07) is 2.54. The van der Waals surface area contributed by atoms with Crippen LogP contribution in [0.4, 0.5) is 10.1 Å². The number of hydrogen-bond donors (Lipinski definition) is 2. The largest absolute Gasteiger partial charge is 0.396 e. The van der Waals surface area contributed by atoms with Crippen LogP contribution in [0, 0.1) is 11.2 Å². The Morgan fingerprint density at radius 1 is 1.45 bits per heavy atom. The normalized spacial score (nSPS) is 11.8. The van der Waals surface area contributed by atoms with Gasteiger partial charge >= 0.3 is 0 Å². The van der Waals surface area contributed by atoms with Crippen molar-refractivity contribution in [2.24, 2.45) is 5.41 Å². The fourth-order valence-corrected chi connectivity index (χ4v) is 2.56. The van der Waals surface area contributed by atoms with E-state index < -0.39 is 5.82 Å². The van der Waals surface area contributed by atoms with E-state index in [1.807, 2.05) is 14.1 Å². The van der Waals surface area contributed by atoms with Gasteiger partial charge in [-0.15, -0.1) is 0 Å². The average Bonchev–Trinajstić information content (AvgIpc) is 2.29. The maximum absolute atomic E-state index is 13.2. The monoisotopic (exact) mass is 345 g/mol.